The van der Waals surface area contributed by atoms with E-state index in [-0.39, 0.29) is 0 Å². The molecule has 0 fully saturated rings. The molecule has 0 radical (unpaired) electrons. The van der Waals surface area contributed by atoms with Crippen LogP contribution in [0.4, 0.5) is 0 Å². The van der Waals surface area contributed by atoms with Crippen LogP contribution in [-0.2, 0) is 0 Å². The number of hydrogen-bond donors (Lipinski definition) is 0. The fourth-order valence-electron chi connectivity index (χ4n) is 1.19. The molecule has 0 amide bonds. The lowest BCUT2D eigenvalue weighted by Crippen LogP contribution is -1.89. The predicted molar refractivity (Wildman–Crippen MR) is 62.2 cm³/mol. The van der Waals surface area contributed by atoms with Crippen molar-refractivity contribution in [2.24, 2.45) is 0 Å². The van der Waals surface area contributed by atoms with Gasteiger partial charge in [0.2, 0.25) is 0 Å². The summed E-state index contributed by atoms with van der Waals surface area (Å²) in [5, 5.41) is 0. The lowest BCUT2D eigenvalue weighted by atomic mass is 10.1. The highest BCUT2D eigenvalue weighted by atomic mass is 16.5. The molecule has 0 saturated carbocycles. The van der Waals surface area contributed by atoms with Crippen molar-refractivity contribution in [2.75, 3.05) is 7.11 Å². The van der Waals surface area contributed by atoms with Crippen molar-refractivity contribution in [1.82, 2.24) is 0 Å². The fourth-order valence-corrected chi connectivity index (χ4v) is 1.19. The van der Waals surface area contributed by atoms with E-state index in [0.717, 1.165) is 23.2 Å². The third-order valence-corrected chi connectivity index (χ3v) is 1.94. The van der Waals surface area contributed by atoms with Gasteiger partial charge in [0.15, 0.2) is 0 Å². The third-order valence-electron chi connectivity index (χ3n) is 1.94. The predicted octanol–water partition coefficient (Wildman–Crippen LogP) is 3.10. The van der Waals surface area contributed by atoms with E-state index in [2.05, 4.69) is 6.58 Å². The third kappa shape index (κ3) is 3.09. The molecule has 1 rings (SSSR count). The van der Waals surface area contributed by atoms with Crippen LogP contribution in [0.2, 0.25) is 0 Å². The SMILES string of the molecule is C=C(C)C=Cc1cc(C=O)ccc1OC. The van der Waals surface area contributed by atoms with Crippen molar-refractivity contribution >= 4 is 12.4 Å². The highest BCUT2D eigenvalue weighted by molar-refractivity contribution is 5.77. The normalized spacial score (nSPS) is 10.3. The van der Waals surface area contributed by atoms with Crippen molar-refractivity contribution in [3.63, 3.8) is 0 Å². The van der Waals surface area contributed by atoms with Crippen molar-refractivity contribution in [1.29, 1.82) is 0 Å². The van der Waals surface area contributed by atoms with E-state index >= 15 is 0 Å². The molecule has 0 saturated heterocycles. The molecule has 0 N–H and O–H groups in total. The molecule has 0 aliphatic carbocycles. The zero-order valence-corrected chi connectivity index (χ0v) is 8.99. The van der Waals surface area contributed by atoms with Gasteiger partial charge in [0.1, 0.15) is 12.0 Å². The summed E-state index contributed by atoms with van der Waals surface area (Å²) < 4.78 is 5.18. The summed E-state index contributed by atoms with van der Waals surface area (Å²) in [6.07, 6.45) is 4.58. The van der Waals surface area contributed by atoms with Crippen LogP contribution in [0.25, 0.3) is 6.08 Å². The Balaban J connectivity index is 3.11. The van der Waals surface area contributed by atoms with E-state index in [4.69, 9.17) is 4.74 Å². The maximum atomic E-state index is 10.6. The largest absolute Gasteiger partial charge is 0.496 e. The van der Waals surface area contributed by atoms with Crippen LogP contribution >= 0.6 is 0 Å². The lowest BCUT2D eigenvalue weighted by Gasteiger charge is -2.04. The highest BCUT2D eigenvalue weighted by Gasteiger charge is 2.00. The molecule has 0 bridgehead atoms. The van der Waals surface area contributed by atoms with Gasteiger partial charge in [0.05, 0.1) is 7.11 Å². The van der Waals surface area contributed by atoms with Gasteiger partial charge in [-0.15, -0.1) is 0 Å². The molecule has 2 nitrogen and oxygen atoms in total. The van der Waals surface area contributed by atoms with Gasteiger partial charge in [-0.2, -0.15) is 0 Å². The summed E-state index contributed by atoms with van der Waals surface area (Å²) in [4.78, 5) is 10.6. The maximum absolute atomic E-state index is 10.6. The molecule has 2 heteroatoms. The Morgan fingerprint density at radius 2 is 2.20 bits per heavy atom. The number of benzene rings is 1. The average molecular weight is 202 g/mol. The van der Waals surface area contributed by atoms with Crippen LogP contribution in [0.15, 0.2) is 36.4 Å². The molecule has 0 heterocycles. The summed E-state index contributed by atoms with van der Waals surface area (Å²) in [7, 11) is 1.61. The summed E-state index contributed by atoms with van der Waals surface area (Å²) in [5.41, 5.74) is 2.47. The first kappa shape index (κ1) is 11.2. The molecule has 0 aromatic heterocycles. The summed E-state index contributed by atoms with van der Waals surface area (Å²) in [6, 6.07) is 5.29. The molecule has 0 unspecified atom stereocenters. The second-order valence-electron chi connectivity index (χ2n) is 3.30. The number of methoxy groups -OCH3 is 1. The number of ether oxygens (including phenoxy) is 1. The van der Waals surface area contributed by atoms with Crippen molar-refractivity contribution in [3.8, 4) is 5.75 Å². The first-order valence-corrected chi connectivity index (χ1v) is 4.64. The maximum Gasteiger partial charge on any atom is 0.150 e. The molecule has 0 atom stereocenters. The zero-order chi connectivity index (χ0) is 11.3. The average Bonchev–Trinajstić information content (AvgIpc) is 2.25. The van der Waals surface area contributed by atoms with E-state index in [1.165, 1.54) is 0 Å². The number of rotatable bonds is 4. The van der Waals surface area contributed by atoms with Crippen LogP contribution in [0.1, 0.15) is 22.8 Å². The van der Waals surface area contributed by atoms with Gasteiger partial charge in [-0.3, -0.25) is 4.79 Å². The molecule has 1 aromatic rings. The monoisotopic (exact) mass is 202 g/mol. The Hall–Kier alpha value is -1.83. The molecule has 78 valence electrons. The zero-order valence-electron chi connectivity index (χ0n) is 8.99. The van der Waals surface area contributed by atoms with E-state index in [1.807, 2.05) is 19.1 Å². The molecule has 0 spiro atoms. The van der Waals surface area contributed by atoms with Crippen molar-refractivity contribution in [3.05, 3.63) is 47.6 Å². The van der Waals surface area contributed by atoms with Gasteiger partial charge in [0.25, 0.3) is 0 Å². The van der Waals surface area contributed by atoms with Gasteiger partial charge in [-0.25, -0.2) is 0 Å². The summed E-state index contributed by atoms with van der Waals surface area (Å²) in [6.45, 7) is 5.68. The van der Waals surface area contributed by atoms with Crippen LogP contribution in [-0.4, -0.2) is 13.4 Å². The Kier molecular flexibility index (Phi) is 3.86. The summed E-state index contributed by atoms with van der Waals surface area (Å²) in [5.74, 6) is 0.748. The summed E-state index contributed by atoms with van der Waals surface area (Å²) >= 11 is 0. The van der Waals surface area contributed by atoms with Crippen molar-refractivity contribution < 1.29 is 9.53 Å². The van der Waals surface area contributed by atoms with Crippen molar-refractivity contribution in [2.45, 2.75) is 6.92 Å². The van der Waals surface area contributed by atoms with Gasteiger partial charge in [-0.1, -0.05) is 24.3 Å². The Labute approximate surface area is 89.9 Å². The van der Waals surface area contributed by atoms with E-state index < -0.39 is 0 Å². The van der Waals surface area contributed by atoms with Crippen LogP contribution in [0.5, 0.6) is 5.75 Å². The second kappa shape index (κ2) is 5.15. The molecular formula is C13H14O2. The number of hydrogen-bond acceptors (Lipinski definition) is 2. The van der Waals surface area contributed by atoms with Crippen LogP contribution < -0.4 is 4.74 Å². The van der Waals surface area contributed by atoms with E-state index in [1.54, 1.807) is 25.3 Å². The smallest absolute Gasteiger partial charge is 0.150 e. The molecule has 1 aromatic carbocycles. The van der Waals surface area contributed by atoms with Gasteiger partial charge in [-0.05, 0) is 25.1 Å². The fraction of sp³-hybridized carbons (Fsp3) is 0.154. The highest BCUT2D eigenvalue weighted by Crippen LogP contribution is 2.21. The molecule has 15 heavy (non-hydrogen) atoms. The Bertz CT molecular complexity index is 403. The standard InChI is InChI=1S/C13H14O2/c1-10(2)4-6-12-8-11(9-14)5-7-13(12)15-3/h4-9H,1H2,2-3H3. The molecular weight excluding hydrogens is 188 g/mol. The topological polar surface area (TPSA) is 26.3 Å². The number of aldehydes is 1. The van der Waals surface area contributed by atoms with E-state index in [0.29, 0.717) is 5.56 Å². The lowest BCUT2D eigenvalue weighted by molar-refractivity contribution is 0.112. The van der Waals surface area contributed by atoms with Gasteiger partial charge in [0, 0.05) is 11.1 Å². The first-order chi connectivity index (χ1) is 7.17. The Morgan fingerprint density at radius 1 is 1.47 bits per heavy atom. The van der Waals surface area contributed by atoms with Gasteiger partial charge >= 0.3 is 0 Å². The van der Waals surface area contributed by atoms with Crippen LogP contribution in [0, 0.1) is 0 Å². The minimum atomic E-state index is 0.636. The van der Waals surface area contributed by atoms with E-state index in [9.17, 15) is 4.79 Å². The van der Waals surface area contributed by atoms with Gasteiger partial charge < -0.3 is 4.74 Å². The Morgan fingerprint density at radius 3 is 2.73 bits per heavy atom. The van der Waals surface area contributed by atoms with Crippen LogP contribution in [0.3, 0.4) is 0 Å². The number of carbonyl (C=O) groups excluding carboxylic acids is 1. The molecule has 0 aliphatic rings. The number of allylic oxidation sites excluding steroid dienone is 2. The second-order valence-corrected chi connectivity index (χ2v) is 3.30. The quantitative estimate of drug-likeness (QED) is 0.554. The first-order valence-electron chi connectivity index (χ1n) is 4.64. The number of carbonyl (C=O) groups is 1. The minimum Gasteiger partial charge on any atom is -0.496 e. The minimum absolute atomic E-state index is 0.636. The molecule has 0 aliphatic heterocycles.